The van der Waals surface area contributed by atoms with Gasteiger partial charge in [0.15, 0.2) is 0 Å². The largest absolute Gasteiger partial charge is 0.349 e. The predicted molar refractivity (Wildman–Crippen MR) is 85.8 cm³/mol. The van der Waals surface area contributed by atoms with Crippen molar-refractivity contribution < 1.29 is 4.79 Å². The lowest BCUT2D eigenvalue weighted by Gasteiger charge is -2.04. The molecule has 2 rings (SSSR count). The van der Waals surface area contributed by atoms with Gasteiger partial charge in [-0.15, -0.1) is 0 Å². The molecule has 0 aromatic carbocycles. The average molecular weight is 304 g/mol. The maximum atomic E-state index is 12.1. The third-order valence-corrected chi connectivity index (χ3v) is 3.60. The summed E-state index contributed by atoms with van der Waals surface area (Å²) in [6, 6.07) is 1.77. The van der Waals surface area contributed by atoms with E-state index >= 15 is 0 Å². The summed E-state index contributed by atoms with van der Waals surface area (Å²) in [5, 5.41) is 17.5. The highest BCUT2D eigenvalue weighted by Crippen LogP contribution is 2.24. The van der Waals surface area contributed by atoms with Gasteiger partial charge in [0.05, 0.1) is 11.4 Å². The van der Waals surface area contributed by atoms with Crippen LogP contribution in [0.15, 0.2) is 6.07 Å². The van der Waals surface area contributed by atoms with Crippen LogP contribution in [-0.4, -0.2) is 45.5 Å². The van der Waals surface area contributed by atoms with Crippen molar-refractivity contribution in [2.45, 2.75) is 27.2 Å². The van der Waals surface area contributed by atoms with E-state index in [9.17, 15) is 4.79 Å². The fourth-order valence-electron chi connectivity index (χ4n) is 2.37. The fourth-order valence-corrected chi connectivity index (χ4v) is 2.37. The van der Waals surface area contributed by atoms with Crippen LogP contribution in [0.1, 0.15) is 35.2 Å². The van der Waals surface area contributed by atoms with E-state index in [-0.39, 0.29) is 5.91 Å². The summed E-state index contributed by atoms with van der Waals surface area (Å²) in [6.45, 7) is 8.36. The topological polar surface area (TPSA) is 87.6 Å². The van der Waals surface area contributed by atoms with Gasteiger partial charge in [0, 0.05) is 31.4 Å². The molecule has 0 bridgehead atoms. The standard InChI is InChI=1S/C15H24N6O/c1-5-6-16-7-8-17-15(22)13-9-12(18-19-13)14-10(2)20-21(4)11(14)3/h9,16H,5-8H2,1-4H3,(H,17,22)(H,18,19). The molecule has 120 valence electrons. The first kappa shape index (κ1) is 16.2. The maximum absolute atomic E-state index is 12.1. The summed E-state index contributed by atoms with van der Waals surface area (Å²) in [4.78, 5) is 12.1. The quantitative estimate of drug-likeness (QED) is 0.670. The number of rotatable bonds is 7. The van der Waals surface area contributed by atoms with Crippen molar-refractivity contribution in [3.8, 4) is 11.3 Å². The van der Waals surface area contributed by atoms with Crippen LogP contribution in [0.5, 0.6) is 0 Å². The second-order valence-corrected chi connectivity index (χ2v) is 5.34. The zero-order chi connectivity index (χ0) is 16.1. The Bertz CT molecular complexity index is 642. The summed E-state index contributed by atoms with van der Waals surface area (Å²) in [5.74, 6) is -0.142. The van der Waals surface area contributed by atoms with Crippen LogP contribution in [0.25, 0.3) is 11.3 Å². The van der Waals surface area contributed by atoms with E-state index in [1.807, 2.05) is 25.6 Å². The van der Waals surface area contributed by atoms with Crippen LogP contribution in [0.3, 0.4) is 0 Å². The van der Waals surface area contributed by atoms with Gasteiger partial charge in [0.25, 0.3) is 5.91 Å². The molecule has 0 unspecified atom stereocenters. The molecule has 0 aliphatic rings. The fraction of sp³-hybridized carbons (Fsp3) is 0.533. The molecule has 0 atom stereocenters. The van der Waals surface area contributed by atoms with E-state index in [1.54, 1.807) is 6.07 Å². The first-order valence-corrected chi connectivity index (χ1v) is 7.59. The highest BCUT2D eigenvalue weighted by atomic mass is 16.1. The molecule has 0 aliphatic carbocycles. The highest BCUT2D eigenvalue weighted by molar-refractivity contribution is 5.93. The summed E-state index contributed by atoms with van der Waals surface area (Å²) >= 11 is 0. The van der Waals surface area contributed by atoms with Crippen molar-refractivity contribution in [3.05, 3.63) is 23.1 Å². The van der Waals surface area contributed by atoms with Gasteiger partial charge in [-0.2, -0.15) is 10.2 Å². The van der Waals surface area contributed by atoms with E-state index in [0.29, 0.717) is 12.2 Å². The number of hydrogen-bond acceptors (Lipinski definition) is 4. The van der Waals surface area contributed by atoms with Crippen LogP contribution in [-0.2, 0) is 7.05 Å². The normalized spacial score (nSPS) is 10.9. The summed E-state index contributed by atoms with van der Waals surface area (Å²) in [5.41, 5.74) is 4.12. The third kappa shape index (κ3) is 3.54. The smallest absolute Gasteiger partial charge is 0.269 e. The lowest BCUT2D eigenvalue weighted by molar-refractivity contribution is 0.0949. The zero-order valence-electron chi connectivity index (χ0n) is 13.7. The van der Waals surface area contributed by atoms with Gasteiger partial charge < -0.3 is 10.6 Å². The van der Waals surface area contributed by atoms with Crippen LogP contribution in [0.4, 0.5) is 0 Å². The van der Waals surface area contributed by atoms with E-state index in [0.717, 1.165) is 42.2 Å². The third-order valence-electron chi connectivity index (χ3n) is 3.60. The van der Waals surface area contributed by atoms with E-state index < -0.39 is 0 Å². The number of nitrogens with zero attached hydrogens (tertiary/aromatic N) is 3. The average Bonchev–Trinajstić information content (AvgIpc) is 3.04. The molecule has 0 spiro atoms. The Balaban J connectivity index is 2.00. The molecule has 22 heavy (non-hydrogen) atoms. The molecule has 3 N–H and O–H groups in total. The Morgan fingerprint density at radius 3 is 2.73 bits per heavy atom. The van der Waals surface area contributed by atoms with Gasteiger partial charge in [-0.25, -0.2) is 0 Å². The Hall–Kier alpha value is -2.15. The number of aromatic nitrogens is 4. The van der Waals surface area contributed by atoms with Gasteiger partial charge in [0.1, 0.15) is 5.69 Å². The maximum Gasteiger partial charge on any atom is 0.269 e. The van der Waals surface area contributed by atoms with Crippen LogP contribution in [0, 0.1) is 13.8 Å². The number of carbonyl (C=O) groups is 1. The summed E-state index contributed by atoms with van der Waals surface area (Å²) in [6.07, 6.45) is 1.08. The van der Waals surface area contributed by atoms with Crippen molar-refractivity contribution in [1.82, 2.24) is 30.6 Å². The molecule has 0 saturated carbocycles. The van der Waals surface area contributed by atoms with Gasteiger partial charge in [-0.3, -0.25) is 14.6 Å². The first-order chi connectivity index (χ1) is 10.5. The molecule has 2 aromatic heterocycles. The zero-order valence-corrected chi connectivity index (χ0v) is 13.7. The van der Waals surface area contributed by atoms with Gasteiger partial charge >= 0.3 is 0 Å². The molecule has 2 heterocycles. The SMILES string of the molecule is CCCNCCNC(=O)c1cc(-c2c(C)nn(C)c2C)n[nH]1. The Morgan fingerprint density at radius 2 is 2.09 bits per heavy atom. The Kier molecular flexibility index (Phi) is 5.32. The summed E-state index contributed by atoms with van der Waals surface area (Å²) < 4.78 is 1.82. The van der Waals surface area contributed by atoms with Crippen LogP contribution in [0.2, 0.25) is 0 Å². The van der Waals surface area contributed by atoms with Gasteiger partial charge in [0.2, 0.25) is 0 Å². The lowest BCUT2D eigenvalue weighted by atomic mass is 10.1. The highest BCUT2D eigenvalue weighted by Gasteiger charge is 2.16. The minimum atomic E-state index is -0.142. The minimum absolute atomic E-state index is 0.142. The van der Waals surface area contributed by atoms with E-state index in [4.69, 9.17) is 0 Å². The van der Waals surface area contributed by atoms with E-state index in [1.165, 1.54) is 0 Å². The summed E-state index contributed by atoms with van der Waals surface area (Å²) in [7, 11) is 1.90. The molecule has 0 radical (unpaired) electrons. The second-order valence-electron chi connectivity index (χ2n) is 5.34. The van der Waals surface area contributed by atoms with Crippen molar-refractivity contribution in [2.75, 3.05) is 19.6 Å². The number of aromatic amines is 1. The minimum Gasteiger partial charge on any atom is -0.349 e. The molecule has 7 nitrogen and oxygen atoms in total. The van der Waals surface area contributed by atoms with Crippen LogP contribution >= 0.6 is 0 Å². The van der Waals surface area contributed by atoms with E-state index in [2.05, 4.69) is 32.9 Å². The molecule has 0 saturated heterocycles. The Labute approximate surface area is 130 Å². The molecule has 0 aliphatic heterocycles. The number of H-pyrrole nitrogens is 1. The molecule has 7 heteroatoms. The molecule has 0 fully saturated rings. The Morgan fingerprint density at radius 1 is 1.32 bits per heavy atom. The number of nitrogens with one attached hydrogen (secondary N) is 3. The molecule has 2 aromatic rings. The monoisotopic (exact) mass is 304 g/mol. The van der Waals surface area contributed by atoms with Gasteiger partial charge in [-0.05, 0) is 32.9 Å². The van der Waals surface area contributed by atoms with Crippen molar-refractivity contribution >= 4 is 5.91 Å². The van der Waals surface area contributed by atoms with Crippen molar-refractivity contribution in [3.63, 3.8) is 0 Å². The molecular formula is C15H24N6O. The van der Waals surface area contributed by atoms with Crippen molar-refractivity contribution in [2.24, 2.45) is 7.05 Å². The molecular weight excluding hydrogens is 280 g/mol. The van der Waals surface area contributed by atoms with Crippen LogP contribution < -0.4 is 10.6 Å². The predicted octanol–water partition coefficient (Wildman–Crippen LogP) is 1.16. The second kappa shape index (κ2) is 7.22. The number of aryl methyl sites for hydroxylation is 2. The lowest BCUT2D eigenvalue weighted by Crippen LogP contribution is -2.32. The first-order valence-electron chi connectivity index (χ1n) is 7.59. The van der Waals surface area contributed by atoms with Crippen molar-refractivity contribution in [1.29, 1.82) is 0 Å². The molecule has 1 amide bonds. The number of hydrogen-bond donors (Lipinski definition) is 3. The van der Waals surface area contributed by atoms with Gasteiger partial charge in [-0.1, -0.05) is 6.92 Å². The number of amides is 1. The number of carbonyl (C=O) groups excluding carboxylic acids is 1.